The molecule has 0 aromatic heterocycles. The van der Waals surface area contributed by atoms with Gasteiger partial charge in [-0.2, -0.15) is 0 Å². The van der Waals surface area contributed by atoms with E-state index in [2.05, 4.69) is 33.0 Å². The molecule has 2 aliphatic rings. The molecule has 124 valence electrons. The van der Waals surface area contributed by atoms with Crippen LogP contribution in [-0.2, 0) is 14.0 Å². The van der Waals surface area contributed by atoms with Crippen molar-refractivity contribution in [1.82, 2.24) is 5.32 Å². The topological polar surface area (TPSA) is 63.6 Å². The SMILES string of the molecule is CC1(C)CC(C)(C)OB(/C(C=N)=C/NC2CCCCCO2)O1. The molecule has 0 amide bonds. The quantitative estimate of drug-likeness (QED) is 0.619. The van der Waals surface area contributed by atoms with Crippen LogP contribution in [0.5, 0.6) is 0 Å². The molecule has 6 heteroatoms. The van der Waals surface area contributed by atoms with Gasteiger partial charge in [0.15, 0.2) is 0 Å². The summed E-state index contributed by atoms with van der Waals surface area (Å²) in [5.41, 5.74) is 0.148. The van der Waals surface area contributed by atoms with Gasteiger partial charge in [0.1, 0.15) is 6.23 Å². The second-order valence-corrected chi connectivity index (χ2v) is 7.43. The molecule has 2 N–H and O–H groups in total. The first-order valence-electron chi connectivity index (χ1n) is 8.25. The maximum Gasteiger partial charge on any atom is 0.497 e. The Morgan fingerprint density at radius 3 is 2.45 bits per heavy atom. The molecule has 0 aromatic rings. The smallest absolute Gasteiger partial charge is 0.402 e. The Labute approximate surface area is 134 Å². The highest BCUT2D eigenvalue weighted by atomic mass is 16.6. The molecule has 2 saturated heterocycles. The summed E-state index contributed by atoms with van der Waals surface area (Å²) in [6, 6.07) is 0. The van der Waals surface area contributed by atoms with Crippen LogP contribution in [0.4, 0.5) is 0 Å². The van der Waals surface area contributed by atoms with E-state index in [4.69, 9.17) is 19.5 Å². The second kappa shape index (κ2) is 7.15. The van der Waals surface area contributed by atoms with E-state index in [-0.39, 0.29) is 17.4 Å². The van der Waals surface area contributed by atoms with Crippen molar-refractivity contribution in [3.8, 4) is 0 Å². The van der Waals surface area contributed by atoms with Crippen LogP contribution < -0.4 is 5.32 Å². The van der Waals surface area contributed by atoms with Gasteiger partial charge in [-0.25, -0.2) is 0 Å². The molecule has 2 heterocycles. The lowest BCUT2D eigenvalue weighted by atomic mass is 9.73. The second-order valence-electron chi connectivity index (χ2n) is 7.43. The Hall–Kier alpha value is -0.845. The first kappa shape index (κ1) is 17.5. The number of hydrogen-bond donors (Lipinski definition) is 2. The highest BCUT2D eigenvalue weighted by molar-refractivity contribution is 6.59. The minimum Gasteiger partial charge on any atom is -0.402 e. The van der Waals surface area contributed by atoms with Crippen molar-refractivity contribution >= 4 is 13.3 Å². The molecule has 0 saturated carbocycles. The molecule has 0 aromatic carbocycles. The summed E-state index contributed by atoms with van der Waals surface area (Å²) in [6.45, 7) is 9.05. The zero-order valence-electron chi connectivity index (χ0n) is 14.3. The summed E-state index contributed by atoms with van der Waals surface area (Å²) in [6.07, 6.45) is 8.44. The van der Waals surface area contributed by atoms with Crippen molar-refractivity contribution in [2.45, 2.75) is 77.2 Å². The first-order valence-corrected chi connectivity index (χ1v) is 8.25. The third kappa shape index (κ3) is 5.11. The Morgan fingerprint density at radius 2 is 1.82 bits per heavy atom. The van der Waals surface area contributed by atoms with E-state index in [1.807, 2.05) is 6.20 Å². The predicted octanol–water partition coefficient (Wildman–Crippen LogP) is 3.05. The van der Waals surface area contributed by atoms with Crippen LogP contribution >= 0.6 is 0 Å². The van der Waals surface area contributed by atoms with E-state index in [0.717, 1.165) is 25.9 Å². The molecule has 2 rings (SSSR count). The van der Waals surface area contributed by atoms with Crippen LogP contribution in [0.25, 0.3) is 0 Å². The number of nitrogens with one attached hydrogen (secondary N) is 2. The molecule has 1 unspecified atom stereocenters. The van der Waals surface area contributed by atoms with Gasteiger partial charge in [-0.15, -0.1) is 0 Å². The standard InChI is InChI=1S/C16H29BN2O3/c1-15(2)12-16(3,4)22-17(21-15)13(10-18)11-19-14-8-6-5-7-9-20-14/h10-11,14,18-19H,5-9,12H2,1-4H3/b13-11+,18-10?. The monoisotopic (exact) mass is 308 g/mol. The van der Waals surface area contributed by atoms with Gasteiger partial charge in [0.2, 0.25) is 0 Å². The lowest BCUT2D eigenvalue weighted by molar-refractivity contribution is -0.0728. The van der Waals surface area contributed by atoms with Gasteiger partial charge >= 0.3 is 7.12 Å². The summed E-state index contributed by atoms with van der Waals surface area (Å²) in [5, 5.41) is 11.0. The third-order valence-corrected chi connectivity index (χ3v) is 4.01. The summed E-state index contributed by atoms with van der Waals surface area (Å²) in [7, 11) is -0.519. The highest BCUT2D eigenvalue weighted by Gasteiger charge is 2.44. The summed E-state index contributed by atoms with van der Waals surface area (Å²) in [5.74, 6) is 0. The first-order chi connectivity index (χ1) is 10.3. The zero-order chi connectivity index (χ0) is 16.2. The third-order valence-electron chi connectivity index (χ3n) is 4.01. The Balaban J connectivity index is 2.03. The van der Waals surface area contributed by atoms with Crippen LogP contribution in [0, 0.1) is 5.41 Å². The van der Waals surface area contributed by atoms with Crippen molar-refractivity contribution in [2.75, 3.05) is 6.61 Å². The number of ether oxygens (including phenoxy) is 1. The van der Waals surface area contributed by atoms with Crippen LogP contribution in [-0.4, -0.2) is 37.4 Å². The molecule has 0 spiro atoms. The fourth-order valence-electron chi connectivity index (χ4n) is 3.26. The van der Waals surface area contributed by atoms with Gasteiger partial charge in [0, 0.05) is 24.7 Å². The lowest BCUT2D eigenvalue weighted by Crippen LogP contribution is -2.52. The van der Waals surface area contributed by atoms with Crippen LogP contribution in [0.2, 0.25) is 0 Å². The zero-order valence-corrected chi connectivity index (χ0v) is 14.3. The van der Waals surface area contributed by atoms with E-state index >= 15 is 0 Å². The molecular formula is C16H29BN2O3. The van der Waals surface area contributed by atoms with Crippen LogP contribution in [0.1, 0.15) is 59.8 Å². The van der Waals surface area contributed by atoms with E-state index in [0.29, 0.717) is 5.47 Å². The fourth-order valence-corrected chi connectivity index (χ4v) is 3.26. The van der Waals surface area contributed by atoms with Crippen LogP contribution in [0.3, 0.4) is 0 Å². The van der Waals surface area contributed by atoms with Crippen molar-refractivity contribution < 1.29 is 14.0 Å². The summed E-state index contributed by atoms with van der Waals surface area (Å²) >= 11 is 0. The van der Waals surface area contributed by atoms with Gasteiger partial charge in [-0.05, 0) is 53.2 Å². The van der Waals surface area contributed by atoms with Crippen molar-refractivity contribution in [1.29, 1.82) is 5.41 Å². The number of hydrogen-bond acceptors (Lipinski definition) is 5. The van der Waals surface area contributed by atoms with Crippen molar-refractivity contribution in [2.24, 2.45) is 0 Å². The maximum atomic E-state index is 7.68. The maximum absolute atomic E-state index is 7.68. The fraction of sp³-hybridized carbons (Fsp3) is 0.812. The highest BCUT2D eigenvalue weighted by Crippen LogP contribution is 2.34. The van der Waals surface area contributed by atoms with Crippen molar-refractivity contribution in [3.05, 3.63) is 11.7 Å². The molecule has 2 fully saturated rings. The van der Waals surface area contributed by atoms with E-state index in [1.54, 1.807) is 0 Å². The van der Waals surface area contributed by atoms with Gasteiger partial charge < -0.3 is 24.8 Å². The van der Waals surface area contributed by atoms with Gasteiger partial charge in [0.25, 0.3) is 0 Å². The molecule has 0 aliphatic carbocycles. The molecule has 1 atom stereocenters. The molecule has 2 aliphatic heterocycles. The van der Waals surface area contributed by atoms with Gasteiger partial charge in [-0.1, -0.05) is 6.42 Å². The van der Waals surface area contributed by atoms with E-state index in [1.165, 1.54) is 19.1 Å². The summed E-state index contributed by atoms with van der Waals surface area (Å²) < 4.78 is 17.8. The van der Waals surface area contributed by atoms with E-state index < -0.39 is 7.12 Å². The Bertz CT molecular complexity index is 400. The Kier molecular flexibility index (Phi) is 5.69. The average molecular weight is 308 g/mol. The molecular weight excluding hydrogens is 279 g/mol. The minimum atomic E-state index is -0.519. The normalized spacial score (nSPS) is 28.8. The van der Waals surface area contributed by atoms with Crippen LogP contribution in [0.15, 0.2) is 11.7 Å². The predicted molar refractivity (Wildman–Crippen MR) is 88.9 cm³/mol. The molecule has 5 nitrogen and oxygen atoms in total. The number of rotatable bonds is 4. The van der Waals surface area contributed by atoms with Gasteiger partial charge in [0.05, 0.1) is 11.2 Å². The molecule has 0 radical (unpaired) electrons. The number of allylic oxidation sites excluding steroid dienone is 1. The summed E-state index contributed by atoms with van der Waals surface area (Å²) in [4.78, 5) is 0. The Morgan fingerprint density at radius 1 is 1.14 bits per heavy atom. The van der Waals surface area contributed by atoms with Gasteiger partial charge in [-0.3, -0.25) is 0 Å². The molecule has 22 heavy (non-hydrogen) atoms. The van der Waals surface area contributed by atoms with E-state index in [9.17, 15) is 0 Å². The van der Waals surface area contributed by atoms with Crippen molar-refractivity contribution in [3.63, 3.8) is 0 Å². The molecule has 0 bridgehead atoms. The minimum absolute atomic E-state index is 0.0158. The lowest BCUT2D eigenvalue weighted by Gasteiger charge is -2.44. The largest absolute Gasteiger partial charge is 0.497 e. The average Bonchev–Trinajstić information content (AvgIpc) is 2.64.